The number of hydrogen-bond donors (Lipinski definition) is 2. The molecule has 0 heterocycles. The van der Waals surface area contributed by atoms with Crippen LogP contribution in [0, 0.1) is 11.3 Å². The van der Waals surface area contributed by atoms with Gasteiger partial charge in [0.25, 0.3) is 0 Å². The third-order valence-corrected chi connectivity index (χ3v) is 3.80. The van der Waals surface area contributed by atoms with Crippen molar-refractivity contribution >= 4 is 11.6 Å². The second-order valence-electron chi connectivity index (χ2n) is 5.53. The summed E-state index contributed by atoms with van der Waals surface area (Å²) < 4.78 is 37.8. The van der Waals surface area contributed by atoms with Gasteiger partial charge in [-0.1, -0.05) is 13.0 Å². The predicted molar refractivity (Wildman–Crippen MR) is 70.0 cm³/mol. The van der Waals surface area contributed by atoms with Crippen molar-refractivity contribution in [3.63, 3.8) is 0 Å². The molecule has 110 valence electrons. The third kappa shape index (κ3) is 2.80. The highest BCUT2D eigenvalue weighted by Gasteiger charge is 2.47. The van der Waals surface area contributed by atoms with Crippen molar-refractivity contribution in [2.45, 2.75) is 25.9 Å². The van der Waals surface area contributed by atoms with Gasteiger partial charge < -0.3 is 11.1 Å². The molecule has 1 aliphatic carbocycles. The van der Waals surface area contributed by atoms with E-state index in [0.29, 0.717) is 18.8 Å². The number of alkyl halides is 3. The van der Waals surface area contributed by atoms with Gasteiger partial charge in [0.05, 0.1) is 11.0 Å². The molecule has 3 nitrogen and oxygen atoms in total. The molecular formula is C14H17F3N2O. The monoisotopic (exact) mass is 286 g/mol. The predicted octanol–water partition coefficient (Wildman–Crippen LogP) is 3.02. The number of carbonyl (C=O) groups is 1. The lowest BCUT2D eigenvalue weighted by molar-refractivity contribution is -0.137. The first kappa shape index (κ1) is 14.8. The minimum Gasteiger partial charge on any atom is -0.329 e. The SMILES string of the molecule is CC1CC(CN)(C(=O)Nc2cccc(C(F)(F)F)c2)C1. The lowest BCUT2D eigenvalue weighted by atomic mass is 9.62. The molecule has 6 heteroatoms. The summed E-state index contributed by atoms with van der Waals surface area (Å²) in [4.78, 5) is 12.2. The van der Waals surface area contributed by atoms with Crippen LogP contribution in [-0.4, -0.2) is 12.5 Å². The van der Waals surface area contributed by atoms with Crippen LogP contribution in [0.25, 0.3) is 0 Å². The Hall–Kier alpha value is -1.56. The van der Waals surface area contributed by atoms with Crippen molar-refractivity contribution in [1.29, 1.82) is 0 Å². The van der Waals surface area contributed by atoms with Gasteiger partial charge >= 0.3 is 6.18 Å². The van der Waals surface area contributed by atoms with E-state index in [2.05, 4.69) is 5.32 Å². The number of nitrogens with two attached hydrogens (primary N) is 1. The van der Waals surface area contributed by atoms with Gasteiger partial charge in [-0.2, -0.15) is 13.2 Å². The van der Waals surface area contributed by atoms with Crippen LogP contribution >= 0.6 is 0 Å². The first-order valence-corrected chi connectivity index (χ1v) is 6.46. The zero-order valence-corrected chi connectivity index (χ0v) is 11.1. The van der Waals surface area contributed by atoms with E-state index < -0.39 is 17.2 Å². The molecule has 1 amide bonds. The van der Waals surface area contributed by atoms with Crippen LogP contribution in [0.5, 0.6) is 0 Å². The van der Waals surface area contributed by atoms with Crippen molar-refractivity contribution in [2.75, 3.05) is 11.9 Å². The normalized spacial score (nSPS) is 25.9. The van der Waals surface area contributed by atoms with E-state index in [4.69, 9.17) is 5.73 Å². The average Bonchev–Trinajstić information content (AvgIpc) is 2.34. The molecule has 0 atom stereocenters. The first-order valence-electron chi connectivity index (χ1n) is 6.46. The Morgan fingerprint density at radius 2 is 2.10 bits per heavy atom. The fourth-order valence-corrected chi connectivity index (χ4v) is 2.76. The highest BCUT2D eigenvalue weighted by atomic mass is 19.4. The summed E-state index contributed by atoms with van der Waals surface area (Å²) in [5.41, 5.74) is 4.38. The third-order valence-electron chi connectivity index (χ3n) is 3.80. The molecule has 1 aromatic carbocycles. The average molecular weight is 286 g/mol. The number of nitrogens with one attached hydrogen (secondary N) is 1. The van der Waals surface area contributed by atoms with Crippen LogP contribution in [0.3, 0.4) is 0 Å². The zero-order chi connectivity index (χ0) is 15.0. The number of carbonyl (C=O) groups excluding carboxylic acids is 1. The molecule has 1 fully saturated rings. The molecule has 0 spiro atoms. The largest absolute Gasteiger partial charge is 0.416 e. The molecule has 3 N–H and O–H groups in total. The van der Waals surface area contributed by atoms with Gasteiger partial charge in [0, 0.05) is 12.2 Å². The summed E-state index contributed by atoms with van der Waals surface area (Å²) in [6.45, 7) is 2.23. The second-order valence-corrected chi connectivity index (χ2v) is 5.53. The number of benzene rings is 1. The van der Waals surface area contributed by atoms with Crippen LogP contribution < -0.4 is 11.1 Å². The van der Waals surface area contributed by atoms with E-state index >= 15 is 0 Å². The first-order chi connectivity index (χ1) is 9.27. The fourth-order valence-electron chi connectivity index (χ4n) is 2.76. The molecular weight excluding hydrogens is 269 g/mol. The molecule has 0 unspecified atom stereocenters. The highest BCUT2D eigenvalue weighted by molar-refractivity contribution is 5.96. The zero-order valence-electron chi connectivity index (χ0n) is 11.1. The van der Waals surface area contributed by atoms with E-state index in [0.717, 1.165) is 12.1 Å². The summed E-state index contributed by atoms with van der Waals surface area (Å²) in [7, 11) is 0. The van der Waals surface area contributed by atoms with Crippen LogP contribution in [0.15, 0.2) is 24.3 Å². The molecule has 0 radical (unpaired) electrons. The van der Waals surface area contributed by atoms with E-state index in [9.17, 15) is 18.0 Å². The number of hydrogen-bond acceptors (Lipinski definition) is 2. The molecule has 1 aromatic rings. The molecule has 0 aliphatic heterocycles. The van der Waals surface area contributed by atoms with Gasteiger partial charge in [0.15, 0.2) is 0 Å². The van der Waals surface area contributed by atoms with Crippen molar-refractivity contribution in [2.24, 2.45) is 17.1 Å². The van der Waals surface area contributed by atoms with Crippen molar-refractivity contribution < 1.29 is 18.0 Å². The summed E-state index contributed by atoms with van der Waals surface area (Å²) >= 11 is 0. The van der Waals surface area contributed by atoms with Gasteiger partial charge in [-0.05, 0) is 37.0 Å². The molecule has 2 rings (SSSR count). The molecule has 0 aromatic heterocycles. The second kappa shape index (κ2) is 5.09. The quantitative estimate of drug-likeness (QED) is 0.897. The van der Waals surface area contributed by atoms with E-state index in [1.807, 2.05) is 6.92 Å². The van der Waals surface area contributed by atoms with E-state index in [-0.39, 0.29) is 18.1 Å². The number of halogens is 3. The van der Waals surface area contributed by atoms with Gasteiger partial charge in [0.1, 0.15) is 0 Å². The number of anilines is 1. The van der Waals surface area contributed by atoms with Crippen LogP contribution in [0.4, 0.5) is 18.9 Å². The molecule has 1 saturated carbocycles. The van der Waals surface area contributed by atoms with E-state index in [1.54, 1.807) is 0 Å². The Bertz CT molecular complexity index is 507. The minimum absolute atomic E-state index is 0.150. The van der Waals surface area contributed by atoms with E-state index in [1.165, 1.54) is 12.1 Å². The Kier molecular flexibility index (Phi) is 3.77. The highest BCUT2D eigenvalue weighted by Crippen LogP contribution is 2.45. The fraction of sp³-hybridized carbons (Fsp3) is 0.500. The lowest BCUT2D eigenvalue weighted by Crippen LogP contribution is -2.51. The van der Waals surface area contributed by atoms with Crippen LogP contribution in [0.1, 0.15) is 25.3 Å². The molecule has 0 saturated heterocycles. The maximum Gasteiger partial charge on any atom is 0.416 e. The van der Waals surface area contributed by atoms with Gasteiger partial charge in [0.2, 0.25) is 5.91 Å². The van der Waals surface area contributed by atoms with Crippen molar-refractivity contribution in [3.05, 3.63) is 29.8 Å². The summed E-state index contributed by atoms with van der Waals surface area (Å²) in [5.74, 6) is 0.128. The smallest absolute Gasteiger partial charge is 0.329 e. The van der Waals surface area contributed by atoms with Crippen LogP contribution in [-0.2, 0) is 11.0 Å². The number of rotatable bonds is 3. The van der Waals surface area contributed by atoms with Gasteiger partial charge in [-0.15, -0.1) is 0 Å². The molecule has 0 bridgehead atoms. The summed E-state index contributed by atoms with van der Waals surface area (Å²) in [6.07, 6.45) is -3.07. The Labute approximate surface area is 115 Å². The summed E-state index contributed by atoms with van der Waals surface area (Å²) in [5, 5.41) is 2.55. The Morgan fingerprint density at radius 1 is 1.45 bits per heavy atom. The standard InChI is InChI=1S/C14H17F3N2O/c1-9-6-13(7-9,8-18)12(20)19-11-4-2-3-10(5-11)14(15,16)17/h2-5,9H,6-8,18H2,1H3,(H,19,20). The van der Waals surface area contributed by atoms with Crippen LogP contribution in [0.2, 0.25) is 0 Å². The number of amides is 1. The molecule has 20 heavy (non-hydrogen) atoms. The van der Waals surface area contributed by atoms with Gasteiger partial charge in [-0.3, -0.25) is 4.79 Å². The topological polar surface area (TPSA) is 55.1 Å². The molecule has 1 aliphatic rings. The maximum atomic E-state index is 12.6. The summed E-state index contributed by atoms with van der Waals surface area (Å²) in [6, 6.07) is 4.63. The maximum absolute atomic E-state index is 12.6. The Balaban J connectivity index is 2.12. The lowest BCUT2D eigenvalue weighted by Gasteiger charge is -2.44. The van der Waals surface area contributed by atoms with Crippen molar-refractivity contribution in [1.82, 2.24) is 0 Å². The minimum atomic E-state index is -4.42. The Morgan fingerprint density at radius 3 is 2.60 bits per heavy atom. The van der Waals surface area contributed by atoms with Crippen molar-refractivity contribution in [3.8, 4) is 0 Å². The van der Waals surface area contributed by atoms with Gasteiger partial charge in [-0.25, -0.2) is 0 Å².